The molecule has 4 rings (SSSR count). The van der Waals surface area contributed by atoms with Gasteiger partial charge in [0.1, 0.15) is 24.3 Å². The maximum atomic E-state index is 14.1. The molecule has 0 aromatic heterocycles. The number of aliphatic hydroxyl groups excluding tert-OH is 1. The molecule has 3 amide bonds. The summed E-state index contributed by atoms with van der Waals surface area (Å²) >= 11 is 0. The van der Waals surface area contributed by atoms with E-state index < -0.39 is 65.6 Å². The number of carboxylic acids is 1. The molecule has 0 spiro atoms. The predicted octanol–water partition coefficient (Wildman–Crippen LogP) is 3.65. The van der Waals surface area contributed by atoms with Gasteiger partial charge in [0, 0.05) is 6.54 Å². The largest absolute Gasteiger partial charge is 0.481 e. The number of ether oxygens (including phenoxy) is 2. The molecule has 3 aromatic rings. The molecule has 2 unspecified atom stereocenters. The standard InChI is InChI=1S/C38H45N3O9/c1-38(2,3)50-36(47)30-20-13-21-41(30)34(44)32(42)29(23-26-16-9-5-10-17-26)39-33(43)31(28(35(45)46)22-25-14-7-4-8-15-25)40-37(48)49-24-27-18-11-6-12-19-27/h4-12,14-19,28-32,42H,13,20-24H2,1-3H3,(H,39,43)(H,40,48)(H,45,46)/t28?,29-,30-,31-,32?/m0/s1. The van der Waals surface area contributed by atoms with Gasteiger partial charge in [-0.15, -0.1) is 0 Å². The topological polar surface area (TPSA) is 172 Å². The molecule has 50 heavy (non-hydrogen) atoms. The summed E-state index contributed by atoms with van der Waals surface area (Å²) in [7, 11) is 0. The Hall–Kier alpha value is -5.23. The van der Waals surface area contributed by atoms with Gasteiger partial charge >= 0.3 is 18.0 Å². The van der Waals surface area contributed by atoms with E-state index in [1.54, 1.807) is 112 Å². The minimum absolute atomic E-state index is 0.0218. The molecule has 12 heteroatoms. The first-order valence-corrected chi connectivity index (χ1v) is 16.6. The van der Waals surface area contributed by atoms with Crippen LogP contribution in [0.3, 0.4) is 0 Å². The van der Waals surface area contributed by atoms with Gasteiger partial charge in [-0.2, -0.15) is 0 Å². The number of likely N-dealkylation sites (tertiary alicyclic amines) is 1. The highest BCUT2D eigenvalue weighted by atomic mass is 16.6. The van der Waals surface area contributed by atoms with Crippen molar-refractivity contribution in [1.82, 2.24) is 15.5 Å². The van der Waals surface area contributed by atoms with Crippen molar-refractivity contribution in [3.8, 4) is 0 Å². The molecule has 266 valence electrons. The minimum atomic E-state index is -1.83. The summed E-state index contributed by atoms with van der Waals surface area (Å²) in [6.45, 7) is 5.22. The zero-order valence-corrected chi connectivity index (χ0v) is 28.5. The number of amides is 3. The van der Waals surface area contributed by atoms with Gasteiger partial charge in [-0.3, -0.25) is 14.4 Å². The first-order valence-electron chi connectivity index (χ1n) is 16.6. The molecule has 1 aliphatic heterocycles. The van der Waals surface area contributed by atoms with Crippen LogP contribution in [0.2, 0.25) is 0 Å². The van der Waals surface area contributed by atoms with Gasteiger partial charge in [-0.25, -0.2) is 9.59 Å². The van der Waals surface area contributed by atoms with Gasteiger partial charge in [0.25, 0.3) is 5.91 Å². The second kappa shape index (κ2) is 17.4. The molecule has 3 aromatic carbocycles. The van der Waals surface area contributed by atoms with Crippen molar-refractivity contribution in [2.24, 2.45) is 5.92 Å². The molecule has 1 fully saturated rings. The third-order valence-corrected chi connectivity index (χ3v) is 8.26. The van der Waals surface area contributed by atoms with E-state index in [4.69, 9.17) is 9.47 Å². The summed E-state index contributed by atoms with van der Waals surface area (Å²) in [4.78, 5) is 67.9. The fourth-order valence-corrected chi connectivity index (χ4v) is 5.83. The Balaban J connectivity index is 1.61. The number of esters is 1. The van der Waals surface area contributed by atoms with Crippen molar-refractivity contribution in [1.29, 1.82) is 0 Å². The van der Waals surface area contributed by atoms with Gasteiger partial charge in [0.15, 0.2) is 6.10 Å². The molecule has 0 saturated carbocycles. The van der Waals surface area contributed by atoms with Gasteiger partial charge in [0.2, 0.25) is 5.91 Å². The number of carbonyl (C=O) groups is 5. The Morgan fingerprint density at radius 2 is 1.36 bits per heavy atom. The third kappa shape index (κ3) is 10.9. The highest BCUT2D eigenvalue weighted by Gasteiger charge is 2.43. The molecule has 0 bridgehead atoms. The molecule has 5 atom stereocenters. The van der Waals surface area contributed by atoms with E-state index in [0.29, 0.717) is 29.5 Å². The van der Waals surface area contributed by atoms with Crippen LogP contribution >= 0.6 is 0 Å². The van der Waals surface area contributed by atoms with Crippen molar-refractivity contribution >= 4 is 29.8 Å². The Labute approximate surface area is 291 Å². The lowest BCUT2D eigenvalue weighted by atomic mass is 9.90. The van der Waals surface area contributed by atoms with Crippen LogP contribution in [0, 0.1) is 5.92 Å². The van der Waals surface area contributed by atoms with Crippen LogP contribution in [0.4, 0.5) is 4.79 Å². The van der Waals surface area contributed by atoms with Crippen LogP contribution in [0.1, 0.15) is 50.3 Å². The number of benzene rings is 3. The number of alkyl carbamates (subject to hydrolysis) is 1. The molecular weight excluding hydrogens is 642 g/mol. The van der Waals surface area contributed by atoms with Crippen LogP contribution in [0.5, 0.6) is 0 Å². The maximum absolute atomic E-state index is 14.1. The molecule has 12 nitrogen and oxygen atoms in total. The second-order valence-corrected chi connectivity index (χ2v) is 13.3. The van der Waals surface area contributed by atoms with Crippen molar-refractivity contribution in [3.05, 3.63) is 108 Å². The summed E-state index contributed by atoms with van der Waals surface area (Å²) < 4.78 is 10.9. The molecule has 1 aliphatic rings. The van der Waals surface area contributed by atoms with E-state index in [-0.39, 0.29) is 26.0 Å². The number of nitrogens with zero attached hydrogens (tertiary/aromatic N) is 1. The van der Waals surface area contributed by atoms with Crippen LogP contribution < -0.4 is 10.6 Å². The van der Waals surface area contributed by atoms with Crippen molar-refractivity contribution in [3.63, 3.8) is 0 Å². The quantitative estimate of drug-likeness (QED) is 0.185. The SMILES string of the molecule is CC(C)(C)OC(=O)[C@@H]1CCCN1C(=O)C(O)[C@H](Cc1ccccc1)NC(=O)[C@@H](NC(=O)OCc1ccccc1)C(Cc1ccccc1)C(=O)O. The normalized spacial score (nSPS) is 16.7. The average Bonchev–Trinajstić information content (AvgIpc) is 3.59. The van der Waals surface area contributed by atoms with E-state index in [0.717, 1.165) is 0 Å². The summed E-state index contributed by atoms with van der Waals surface area (Å²) in [6, 6.07) is 22.4. The number of aliphatic carboxylic acids is 1. The Bertz CT molecular complexity index is 1600. The fourth-order valence-electron chi connectivity index (χ4n) is 5.83. The molecular formula is C38H45N3O9. The summed E-state index contributed by atoms with van der Waals surface area (Å²) in [5.74, 6) is -5.14. The summed E-state index contributed by atoms with van der Waals surface area (Å²) in [6.07, 6.45) is -2.14. The van der Waals surface area contributed by atoms with Gasteiger partial charge in [-0.05, 0) is 63.1 Å². The Morgan fingerprint density at radius 3 is 1.90 bits per heavy atom. The lowest BCUT2D eigenvalue weighted by Crippen LogP contribution is -2.60. The minimum Gasteiger partial charge on any atom is -0.481 e. The van der Waals surface area contributed by atoms with Crippen LogP contribution in [-0.2, 0) is 48.1 Å². The highest BCUT2D eigenvalue weighted by molar-refractivity contribution is 5.92. The lowest BCUT2D eigenvalue weighted by molar-refractivity contribution is -0.165. The van der Waals surface area contributed by atoms with Gasteiger partial charge < -0.3 is 35.2 Å². The van der Waals surface area contributed by atoms with Gasteiger partial charge in [0.05, 0.1) is 12.0 Å². The van der Waals surface area contributed by atoms with Crippen LogP contribution in [0.15, 0.2) is 91.0 Å². The van der Waals surface area contributed by atoms with Crippen molar-refractivity contribution in [2.45, 2.75) is 82.9 Å². The number of carbonyl (C=O) groups excluding carboxylic acids is 4. The van der Waals surface area contributed by atoms with E-state index in [2.05, 4.69) is 10.6 Å². The predicted molar refractivity (Wildman–Crippen MR) is 183 cm³/mol. The average molecular weight is 688 g/mol. The maximum Gasteiger partial charge on any atom is 0.408 e. The number of hydrogen-bond acceptors (Lipinski definition) is 8. The first kappa shape index (κ1) is 37.6. The first-order chi connectivity index (χ1) is 23.8. The van der Waals surface area contributed by atoms with Crippen LogP contribution in [0.25, 0.3) is 0 Å². The van der Waals surface area contributed by atoms with Crippen LogP contribution in [-0.4, -0.2) is 81.3 Å². The number of hydrogen-bond donors (Lipinski definition) is 4. The fraction of sp³-hybridized carbons (Fsp3) is 0.395. The second-order valence-electron chi connectivity index (χ2n) is 13.3. The molecule has 1 heterocycles. The van der Waals surface area contributed by atoms with E-state index >= 15 is 0 Å². The van der Waals surface area contributed by atoms with Crippen molar-refractivity contribution < 1.29 is 43.7 Å². The van der Waals surface area contributed by atoms with Gasteiger partial charge in [-0.1, -0.05) is 91.0 Å². The third-order valence-electron chi connectivity index (χ3n) is 8.26. The summed E-state index contributed by atoms with van der Waals surface area (Å²) in [5, 5.41) is 27.0. The smallest absolute Gasteiger partial charge is 0.408 e. The molecule has 0 aliphatic carbocycles. The zero-order valence-electron chi connectivity index (χ0n) is 28.5. The highest BCUT2D eigenvalue weighted by Crippen LogP contribution is 2.24. The monoisotopic (exact) mass is 687 g/mol. The molecule has 4 N–H and O–H groups in total. The van der Waals surface area contributed by atoms with E-state index in [1.807, 2.05) is 0 Å². The molecule has 0 radical (unpaired) electrons. The number of aliphatic hydroxyl groups is 1. The van der Waals surface area contributed by atoms with E-state index in [1.165, 1.54) is 4.90 Å². The van der Waals surface area contributed by atoms with Crippen molar-refractivity contribution in [2.75, 3.05) is 6.54 Å². The Morgan fingerprint density at radius 1 is 0.820 bits per heavy atom. The zero-order chi connectivity index (χ0) is 36.3. The van der Waals surface area contributed by atoms with E-state index in [9.17, 15) is 34.2 Å². The Kier molecular flexibility index (Phi) is 13.1. The number of carboxylic acid groups (broad SMARTS) is 1. The molecule has 1 saturated heterocycles. The number of rotatable bonds is 14. The number of nitrogens with one attached hydrogen (secondary N) is 2. The lowest BCUT2D eigenvalue weighted by Gasteiger charge is -2.32. The summed E-state index contributed by atoms with van der Waals surface area (Å²) in [5.41, 5.74) is 1.16.